The Hall–Kier alpha value is -2.83. The number of nitrogens with zero attached hydrogens (tertiary/aromatic N) is 2. The van der Waals surface area contributed by atoms with Crippen molar-refractivity contribution in [2.45, 2.75) is 11.9 Å². The second-order valence-corrected chi connectivity index (χ2v) is 7.94. The normalized spacial score (nSPS) is 19.6. The number of β-lactam (4-membered cyclic amide) rings is 1. The lowest BCUT2D eigenvalue weighted by atomic mass is 10.00. The van der Waals surface area contributed by atoms with Gasteiger partial charge in [0.25, 0.3) is 0 Å². The van der Waals surface area contributed by atoms with Crippen LogP contribution in [0.2, 0.25) is 0 Å². The van der Waals surface area contributed by atoms with Crippen LogP contribution in [0.4, 0.5) is 9.59 Å². The van der Waals surface area contributed by atoms with Crippen LogP contribution >= 0.6 is 23.1 Å². The largest absolute Gasteiger partial charge is 0.515 e. The molecule has 2 aliphatic heterocycles. The Bertz CT molecular complexity index is 898. The number of alkyl carbamates (subject to hydrolysis) is 1. The van der Waals surface area contributed by atoms with Crippen LogP contribution in [0, 0.1) is 5.92 Å². The quantitative estimate of drug-likeness (QED) is 0.328. The zero-order valence-electron chi connectivity index (χ0n) is 15.7. The first-order valence-corrected chi connectivity index (χ1v) is 10.5. The minimum absolute atomic E-state index is 0.0218. The Balaban J connectivity index is 1.83. The maximum Gasteiger partial charge on any atom is 0.515 e. The molecule has 0 spiro atoms. The summed E-state index contributed by atoms with van der Waals surface area (Å²) in [4.78, 5) is 42.7. The second-order valence-electron chi connectivity index (χ2n) is 5.96. The molecule has 160 valence electrons. The van der Waals surface area contributed by atoms with E-state index in [-0.39, 0.29) is 38.2 Å². The molecule has 10 nitrogen and oxygen atoms in total. The molecular formula is C18H19N3O7S2. The number of thiazole rings is 1. The fraction of sp³-hybridized carbons (Fsp3) is 0.333. The summed E-state index contributed by atoms with van der Waals surface area (Å²) in [6.45, 7) is 6.70. The predicted octanol–water partition coefficient (Wildman–Crippen LogP) is 2.04. The predicted molar refractivity (Wildman–Crippen MR) is 109 cm³/mol. The van der Waals surface area contributed by atoms with Crippen molar-refractivity contribution in [2.75, 3.05) is 19.8 Å². The van der Waals surface area contributed by atoms with Crippen LogP contribution in [0.25, 0.3) is 4.91 Å². The minimum atomic E-state index is -0.985. The summed E-state index contributed by atoms with van der Waals surface area (Å²) in [5.74, 6) is -0.930. The number of aliphatic hydroxyl groups is 1. The molecular weight excluding hydrogens is 434 g/mol. The summed E-state index contributed by atoms with van der Waals surface area (Å²) >= 11 is 2.54. The maximum atomic E-state index is 12.4. The maximum absolute atomic E-state index is 12.4. The average Bonchev–Trinajstić information content (AvgIpc) is 3.31. The molecule has 2 amide bonds. The van der Waals surface area contributed by atoms with E-state index >= 15 is 0 Å². The topological polar surface area (TPSA) is 127 Å². The molecule has 2 atom stereocenters. The number of thioether (sulfide) groups is 1. The standard InChI is InChI=1S/C18H19N3O7S2/c1-3-5-26-17(24)19-7-11-12(29-9-20-11)13-15(28-18(25)27-6-4-2)21-14(23)10(8-22)16(21)30-13/h3-4,9-10,16,22H,1-2,5-8H2,(H,19,24)/t10-,16+/m0/s1. The lowest BCUT2D eigenvalue weighted by molar-refractivity contribution is -0.151. The van der Waals surface area contributed by atoms with Gasteiger partial charge in [0.05, 0.1) is 40.1 Å². The van der Waals surface area contributed by atoms with Crippen molar-refractivity contribution in [1.29, 1.82) is 0 Å². The first kappa shape index (κ1) is 21.9. The molecule has 0 aromatic carbocycles. The summed E-state index contributed by atoms with van der Waals surface area (Å²) in [5.41, 5.74) is 2.08. The fourth-order valence-corrected chi connectivity index (χ4v) is 5.13. The minimum Gasteiger partial charge on any atom is -0.445 e. The number of hydrogen-bond donors (Lipinski definition) is 2. The number of ether oxygens (including phenoxy) is 3. The Morgan fingerprint density at radius 1 is 1.30 bits per heavy atom. The molecule has 1 aromatic rings. The van der Waals surface area contributed by atoms with E-state index in [9.17, 15) is 19.5 Å². The van der Waals surface area contributed by atoms with E-state index in [0.717, 1.165) is 0 Å². The highest BCUT2D eigenvalue weighted by atomic mass is 32.2. The number of carbonyl (C=O) groups is 3. The van der Waals surface area contributed by atoms with Gasteiger partial charge in [0.15, 0.2) is 0 Å². The van der Waals surface area contributed by atoms with E-state index in [2.05, 4.69) is 23.5 Å². The molecule has 0 aliphatic carbocycles. The van der Waals surface area contributed by atoms with Gasteiger partial charge in [-0.15, -0.1) is 11.3 Å². The zero-order valence-corrected chi connectivity index (χ0v) is 17.4. The van der Waals surface area contributed by atoms with Crippen LogP contribution < -0.4 is 5.32 Å². The smallest absolute Gasteiger partial charge is 0.445 e. The summed E-state index contributed by atoms with van der Waals surface area (Å²) < 4.78 is 15.0. The number of rotatable bonds is 9. The van der Waals surface area contributed by atoms with Gasteiger partial charge in [0, 0.05) is 0 Å². The Kier molecular flexibility index (Phi) is 7.13. The molecule has 0 radical (unpaired) electrons. The zero-order chi connectivity index (χ0) is 21.7. The van der Waals surface area contributed by atoms with Gasteiger partial charge in [-0.1, -0.05) is 37.1 Å². The monoisotopic (exact) mass is 453 g/mol. The molecule has 12 heteroatoms. The van der Waals surface area contributed by atoms with E-state index in [1.54, 1.807) is 5.51 Å². The van der Waals surface area contributed by atoms with E-state index in [1.165, 1.54) is 40.2 Å². The number of hydrogen-bond acceptors (Lipinski definition) is 10. The third-order valence-corrected chi connectivity index (χ3v) is 6.49. The van der Waals surface area contributed by atoms with Gasteiger partial charge >= 0.3 is 12.2 Å². The van der Waals surface area contributed by atoms with E-state index in [0.29, 0.717) is 15.5 Å². The molecule has 3 rings (SSSR count). The van der Waals surface area contributed by atoms with Crippen molar-refractivity contribution < 1.29 is 33.7 Å². The van der Waals surface area contributed by atoms with Crippen LogP contribution in [0.5, 0.6) is 0 Å². The van der Waals surface area contributed by atoms with Crippen molar-refractivity contribution >= 4 is 46.2 Å². The van der Waals surface area contributed by atoms with Crippen molar-refractivity contribution in [3.05, 3.63) is 47.3 Å². The first-order valence-electron chi connectivity index (χ1n) is 8.76. The highest BCUT2D eigenvalue weighted by molar-refractivity contribution is 8.09. The van der Waals surface area contributed by atoms with Gasteiger partial charge in [-0.3, -0.25) is 9.69 Å². The van der Waals surface area contributed by atoms with E-state index in [4.69, 9.17) is 14.2 Å². The third kappa shape index (κ3) is 4.35. The van der Waals surface area contributed by atoms with Crippen LogP contribution in [-0.4, -0.2) is 58.3 Å². The molecule has 1 aromatic heterocycles. The SMILES string of the molecule is C=CCOC(=O)NCc1ncsc1C1=C(OC(=O)OCC=C)N2C(=O)[C@H](CO)[C@H]2S1. The number of carbonyl (C=O) groups excluding carboxylic acids is 3. The first-order chi connectivity index (χ1) is 14.5. The number of amides is 2. The van der Waals surface area contributed by atoms with Gasteiger partial charge in [-0.2, -0.15) is 0 Å². The average molecular weight is 453 g/mol. The van der Waals surface area contributed by atoms with Gasteiger partial charge in [-0.05, 0) is 0 Å². The Morgan fingerprint density at radius 3 is 2.73 bits per heavy atom. The molecule has 0 unspecified atom stereocenters. The molecule has 0 bridgehead atoms. The van der Waals surface area contributed by atoms with E-state index < -0.39 is 23.5 Å². The Labute approximate surface area is 180 Å². The summed E-state index contributed by atoms with van der Waals surface area (Å²) in [6.07, 6.45) is 1.21. The highest BCUT2D eigenvalue weighted by Gasteiger charge is 2.56. The highest BCUT2D eigenvalue weighted by Crippen LogP contribution is 2.54. The van der Waals surface area contributed by atoms with Gasteiger partial charge in [-0.25, -0.2) is 14.6 Å². The molecule has 1 fully saturated rings. The summed E-state index contributed by atoms with van der Waals surface area (Å²) in [5, 5.41) is 11.6. The number of nitrogens with one attached hydrogen (secondary N) is 1. The summed E-state index contributed by atoms with van der Waals surface area (Å²) in [6, 6.07) is 0. The number of aliphatic hydroxyl groups excluding tert-OH is 1. The van der Waals surface area contributed by atoms with Crippen molar-refractivity contribution in [3.8, 4) is 0 Å². The van der Waals surface area contributed by atoms with Gasteiger partial charge < -0.3 is 24.6 Å². The lowest BCUT2D eigenvalue weighted by Gasteiger charge is -2.40. The molecule has 2 aliphatic rings. The van der Waals surface area contributed by atoms with Crippen LogP contribution in [0.15, 0.2) is 36.7 Å². The number of aromatic nitrogens is 1. The van der Waals surface area contributed by atoms with Gasteiger partial charge in [0.2, 0.25) is 11.8 Å². The molecule has 2 N–H and O–H groups in total. The molecule has 3 heterocycles. The second kappa shape index (κ2) is 9.78. The molecule has 0 saturated carbocycles. The van der Waals surface area contributed by atoms with Crippen molar-refractivity contribution in [1.82, 2.24) is 15.2 Å². The molecule has 30 heavy (non-hydrogen) atoms. The van der Waals surface area contributed by atoms with Gasteiger partial charge in [0.1, 0.15) is 18.6 Å². The van der Waals surface area contributed by atoms with E-state index in [1.807, 2.05) is 0 Å². The van der Waals surface area contributed by atoms with Crippen LogP contribution in [0.1, 0.15) is 10.6 Å². The van der Waals surface area contributed by atoms with Crippen LogP contribution in [0.3, 0.4) is 0 Å². The lowest BCUT2D eigenvalue weighted by Crippen LogP contribution is -2.58. The summed E-state index contributed by atoms with van der Waals surface area (Å²) in [7, 11) is 0. The van der Waals surface area contributed by atoms with Crippen LogP contribution in [-0.2, 0) is 25.5 Å². The van der Waals surface area contributed by atoms with Crippen molar-refractivity contribution in [3.63, 3.8) is 0 Å². The number of fused-ring (bicyclic) bond motifs is 1. The molecule has 1 saturated heterocycles. The third-order valence-electron chi connectivity index (χ3n) is 4.08. The Morgan fingerprint density at radius 2 is 2.03 bits per heavy atom. The van der Waals surface area contributed by atoms with Crippen molar-refractivity contribution in [2.24, 2.45) is 5.92 Å². The fourth-order valence-electron chi connectivity index (χ4n) is 2.73.